The van der Waals surface area contributed by atoms with Gasteiger partial charge in [0.1, 0.15) is 0 Å². The van der Waals surface area contributed by atoms with Crippen molar-refractivity contribution >= 4 is 22.7 Å². The molecule has 0 saturated heterocycles. The molecule has 0 bridgehead atoms. The average Bonchev–Trinajstić information content (AvgIpc) is 3.20. The number of aromatic nitrogens is 1. The zero-order chi connectivity index (χ0) is 18.8. The van der Waals surface area contributed by atoms with E-state index >= 15 is 0 Å². The van der Waals surface area contributed by atoms with Crippen molar-refractivity contribution in [3.8, 4) is 0 Å². The fourth-order valence-electron chi connectivity index (χ4n) is 3.80. The summed E-state index contributed by atoms with van der Waals surface area (Å²) in [4.78, 5) is 29.3. The van der Waals surface area contributed by atoms with Crippen LogP contribution in [0.3, 0.4) is 0 Å². The molecular weight excluding hydrogens is 338 g/mol. The van der Waals surface area contributed by atoms with Gasteiger partial charge >= 0.3 is 0 Å². The molecular formula is C22H23N3O2. The van der Waals surface area contributed by atoms with Crippen molar-refractivity contribution in [3.63, 3.8) is 0 Å². The third-order valence-corrected chi connectivity index (χ3v) is 5.24. The van der Waals surface area contributed by atoms with E-state index in [2.05, 4.69) is 17.1 Å². The van der Waals surface area contributed by atoms with Crippen LogP contribution < -0.4 is 5.73 Å². The van der Waals surface area contributed by atoms with Crippen LogP contribution in [-0.2, 0) is 6.42 Å². The van der Waals surface area contributed by atoms with Gasteiger partial charge in [-0.1, -0.05) is 36.8 Å². The van der Waals surface area contributed by atoms with Crippen molar-refractivity contribution in [1.82, 2.24) is 9.88 Å². The maximum Gasteiger partial charge on any atom is 0.261 e. The molecule has 5 heteroatoms. The number of para-hydroxylation sites is 1. The molecule has 0 saturated carbocycles. The summed E-state index contributed by atoms with van der Waals surface area (Å²) in [5.41, 5.74) is 9.70. The monoisotopic (exact) mass is 361 g/mol. The van der Waals surface area contributed by atoms with Gasteiger partial charge in [-0.2, -0.15) is 0 Å². The maximum absolute atomic E-state index is 12.3. The molecule has 1 atom stereocenters. The van der Waals surface area contributed by atoms with Gasteiger partial charge in [0.15, 0.2) is 0 Å². The van der Waals surface area contributed by atoms with E-state index in [4.69, 9.17) is 5.73 Å². The molecule has 1 aromatic heterocycles. The van der Waals surface area contributed by atoms with Gasteiger partial charge in [-0.25, -0.2) is 0 Å². The first-order valence-electron chi connectivity index (χ1n) is 9.41. The summed E-state index contributed by atoms with van der Waals surface area (Å²) in [5, 5.41) is 1.22. The summed E-state index contributed by atoms with van der Waals surface area (Å²) in [5.74, 6) is -0.364. The second kappa shape index (κ2) is 7.37. The topological polar surface area (TPSA) is 79.2 Å². The third kappa shape index (κ3) is 3.38. The number of hydrogen-bond donors (Lipinski definition) is 2. The Bertz CT molecular complexity index is 957. The lowest BCUT2D eigenvalue weighted by Gasteiger charge is -2.15. The minimum absolute atomic E-state index is 0.0615. The predicted molar refractivity (Wildman–Crippen MR) is 106 cm³/mol. The summed E-state index contributed by atoms with van der Waals surface area (Å²) in [6.07, 6.45) is 5.37. The summed E-state index contributed by atoms with van der Waals surface area (Å²) in [6, 6.07) is 15.3. The van der Waals surface area contributed by atoms with Crippen LogP contribution >= 0.6 is 0 Å². The van der Waals surface area contributed by atoms with Crippen molar-refractivity contribution in [1.29, 1.82) is 0 Å². The van der Waals surface area contributed by atoms with Crippen molar-refractivity contribution in [2.45, 2.75) is 31.7 Å². The van der Waals surface area contributed by atoms with E-state index in [0.717, 1.165) is 31.2 Å². The third-order valence-electron chi connectivity index (χ3n) is 5.24. The predicted octanol–water partition coefficient (Wildman–Crippen LogP) is 3.50. The zero-order valence-electron chi connectivity index (χ0n) is 15.2. The first kappa shape index (κ1) is 17.5. The highest BCUT2D eigenvalue weighted by Crippen LogP contribution is 2.23. The molecule has 5 nitrogen and oxygen atoms in total. The van der Waals surface area contributed by atoms with Crippen LogP contribution in [0.5, 0.6) is 0 Å². The maximum atomic E-state index is 12.3. The van der Waals surface area contributed by atoms with Crippen LogP contribution in [0.15, 0.2) is 54.7 Å². The van der Waals surface area contributed by atoms with Gasteiger partial charge in [-0.15, -0.1) is 0 Å². The lowest BCUT2D eigenvalue weighted by atomic mass is 10.0. The van der Waals surface area contributed by atoms with Gasteiger partial charge in [-0.3, -0.25) is 14.5 Å². The minimum atomic E-state index is -0.182. The van der Waals surface area contributed by atoms with Crippen LogP contribution in [0.25, 0.3) is 10.9 Å². The summed E-state index contributed by atoms with van der Waals surface area (Å²) < 4.78 is 0. The number of nitrogens with two attached hydrogens (primary N) is 1. The Morgan fingerprint density at radius 1 is 0.926 bits per heavy atom. The van der Waals surface area contributed by atoms with E-state index in [1.807, 2.05) is 18.3 Å². The van der Waals surface area contributed by atoms with Gasteiger partial charge in [0, 0.05) is 29.7 Å². The average molecular weight is 361 g/mol. The Labute approximate surface area is 158 Å². The molecule has 0 aliphatic carbocycles. The molecule has 0 spiro atoms. The lowest BCUT2D eigenvalue weighted by Crippen LogP contribution is -2.31. The molecule has 3 N–H and O–H groups in total. The number of benzene rings is 2. The summed E-state index contributed by atoms with van der Waals surface area (Å²) >= 11 is 0. The van der Waals surface area contributed by atoms with Crippen LogP contribution in [0.2, 0.25) is 0 Å². The molecule has 1 aliphatic rings. The standard InChI is InChI=1S/C22H23N3O2/c23-16(13-15-14-24-20-11-4-3-8-17(15)20)7-5-6-12-25-21(26)18-9-1-2-10-19(18)22(25)27/h1-4,8-11,14,16,24H,5-7,12-13,23H2. The van der Waals surface area contributed by atoms with E-state index in [1.165, 1.54) is 15.8 Å². The highest BCUT2D eigenvalue weighted by molar-refractivity contribution is 6.21. The molecule has 1 unspecified atom stereocenters. The van der Waals surface area contributed by atoms with Gasteiger partial charge in [0.05, 0.1) is 11.1 Å². The van der Waals surface area contributed by atoms with Crippen LogP contribution in [0.1, 0.15) is 45.5 Å². The second-order valence-corrected chi connectivity index (χ2v) is 7.13. The number of unbranched alkanes of at least 4 members (excludes halogenated alkanes) is 1. The Morgan fingerprint density at radius 2 is 1.59 bits per heavy atom. The number of fused-ring (bicyclic) bond motifs is 2. The molecule has 4 rings (SSSR count). The Morgan fingerprint density at radius 3 is 2.33 bits per heavy atom. The van der Waals surface area contributed by atoms with E-state index in [-0.39, 0.29) is 17.9 Å². The number of carbonyl (C=O) groups excluding carboxylic acids is 2. The van der Waals surface area contributed by atoms with Crippen LogP contribution in [-0.4, -0.2) is 34.3 Å². The van der Waals surface area contributed by atoms with E-state index in [9.17, 15) is 9.59 Å². The van der Waals surface area contributed by atoms with Gasteiger partial charge in [-0.05, 0) is 43.0 Å². The molecule has 2 amide bonds. The highest BCUT2D eigenvalue weighted by Gasteiger charge is 2.34. The number of rotatable bonds is 7. The second-order valence-electron chi connectivity index (χ2n) is 7.13. The fraction of sp³-hybridized carbons (Fsp3) is 0.273. The zero-order valence-corrected chi connectivity index (χ0v) is 15.2. The molecule has 138 valence electrons. The molecule has 27 heavy (non-hydrogen) atoms. The molecule has 3 aromatic rings. The fourth-order valence-corrected chi connectivity index (χ4v) is 3.80. The van der Waals surface area contributed by atoms with Crippen LogP contribution in [0.4, 0.5) is 0 Å². The number of H-pyrrole nitrogens is 1. The first-order valence-corrected chi connectivity index (χ1v) is 9.41. The Hall–Kier alpha value is -2.92. The van der Waals surface area contributed by atoms with Crippen molar-refractivity contribution in [2.75, 3.05) is 6.54 Å². The Balaban J connectivity index is 1.27. The highest BCUT2D eigenvalue weighted by atomic mass is 16.2. The largest absolute Gasteiger partial charge is 0.361 e. The first-order chi connectivity index (χ1) is 13.1. The lowest BCUT2D eigenvalue weighted by molar-refractivity contribution is 0.0651. The summed E-state index contributed by atoms with van der Waals surface area (Å²) in [6.45, 7) is 0.451. The molecule has 2 aromatic carbocycles. The Kier molecular flexibility index (Phi) is 4.77. The van der Waals surface area contributed by atoms with Gasteiger partial charge in [0.2, 0.25) is 0 Å². The number of aromatic amines is 1. The van der Waals surface area contributed by atoms with Crippen molar-refractivity contribution < 1.29 is 9.59 Å². The number of imide groups is 1. The molecule has 0 radical (unpaired) electrons. The smallest absolute Gasteiger partial charge is 0.261 e. The number of carbonyl (C=O) groups is 2. The molecule has 0 fully saturated rings. The number of nitrogens with one attached hydrogen (secondary N) is 1. The normalized spacial score (nSPS) is 14.8. The van der Waals surface area contributed by atoms with Gasteiger partial charge in [0.25, 0.3) is 11.8 Å². The number of hydrogen-bond acceptors (Lipinski definition) is 3. The molecule has 2 heterocycles. The molecule has 1 aliphatic heterocycles. The van der Waals surface area contributed by atoms with E-state index in [1.54, 1.807) is 24.3 Å². The summed E-state index contributed by atoms with van der Waals surface area (Å²) in [7, 11) is 0. The quantitative estimate of drug-likeness (QED) is 0.499. The minimum Gasteiger partial charge on any atom is -0.361 e. The van der Waals surface area contributed by atoms with Gasteiger partial charge < -0.3 is 10.7 Å². The number of nitrogens with zero attached hydrogens (tertiary/aromatic N) is 1. The van der Waals surface area contributed by atoms with E-state index in [0.29, 0.717) is 17.7 Å². The number of amides is 2. The van der Waals surface area contributed by atoms with Crippen LogP contribution in [0, 0.1) is 0 Å². The van der Waals surface area contributed by atoms with Crippen molar-refractivity contribution in [2.24, 2.45) is 5.73 Å². The van der Waals surface area contributed by atoms with E-state index < -0.39 is 0 Å². The SMILES string of the molecule is NC(CCCCN1C(=O)c2ccccc2C1=O)Cc1c[nH]c2ccccc12. The van der Waals surface area contributed by atoms with Crippen molar-refractivity contribution in [3.05, 3.63) is 71.4 Å².